The van der Waals surface area contributed by atoms with E-state index in [1.807, 2.05) is 0 Å². The minimum Gasteiger partial charge on any atom is -1.00 e. The summed E-state index contributed by atoms with van der Waals surface area (Å²) in [6.45, 7) is 28.4. The van der Waals surface area contributed by atoms with Crippen molar-refractivity contribution >= 4 is 0 Å². The molecule has 0 saturated carbocycles. The first kappa shape index (κ1) is 37.9. The van der Waals surface area contributed by atoms with E-state index in [9.17, 15) is 0 Å². The molecule has 6 heteroatoms. The van der Waals surface area contributed by atoms with Gasteiger partial charge in [0.1, 0.15) is 0 Å². The van der Waals surface area contributed by atoms with Crippen molar-refractivity contribution < 1.29 is 37.0 Å². The fourth-order valence-corrected chi connectivity index (χ4v) is 2.68. The number of nitrogens with zero attached hydrogens (tertiary/aromatic N) is 2. The number of quaternary nitrogens is 2. The van der Waals surface area contributed by atoms with Gasteiger partial charge in [-0.15, -0.1) is 0 Å². The lowest BCUT2D eigenvalue weighted by Crippen LogP contribution is -3.00. The highest BCUT2D eigenvalue weighted by Gasteiger charge is 2.16. The summed E-state index contributed by atoms with van der Waals surface area (Å²) in [6, 6.07) is 0. The third kappa shape index (κ3) is 12.6. The second-order valence-electron chi connectivity index (χ2n) is 5.21. The number of halogens is 2. The summed E-state index contributed by atoms with van der Waals surface area (Å²) in [6.07, 6.45) is 0. The smallest absolute Gasteiger partial charge is 0.0757 e. The standard InChI is InChI=1S/2C8H20N.ClH.FH.2H2O/c2*1-5-9(6-2,7-3)8-4;;;;/h2*5-8H2,1-4H3;2*1H;2*1H2/q2*+1;;;;/p-2. The second kappa shape index (κ2) is 21.1. The van der Waals surface area contributed by atoms with Crippen LogP contribution in [0.4, 0.5) is 0 Å². The maximum atomic E-state index is 2.27. The van der Waals surface area contributed by atoms with Gasteiger partial charge in [-0.2, -0.15) is 0 Å². The molecule has 0 radical (unpaired) electrons. The minimum absolute atomic E-state index is 0. The highest BCUT2D eigenvalue weighted by atomic mass is 35.5. The van der Waals surface area contributed by atoms with Crippen LogP contribution in [-0.2, 0) is 0 Å². The van der Waals surface area contributed by atoms with Gasteiger partial charge in [-0.05, 0) is 55.4 Å². The molecule has 0 amide bonds. The topological polar surface area (TPSA) is 63.0 Å². The molecule has 0 aromatic rings. The van der Waals surface area contributed by atoms with Crippen LogP contribution in [-0.4, -0.2) is 72.3 Å². The van der Waals surface area contributed by atoms with Crippen LogP contribution in [0.5, 0.6) is 0 Å². The summed E-state index contributed by atoms with van der Waals surface area (Å²) in [4.78, 5) is 0. The number of hydrogen-bond donors (Lipinski definition) is 0. The third-order valence-electron chi connectivity index (χ3n) is 5.37. The van der Waals surface area contributed by atoms with Crippen LogP contribution < -0.4 is 17.1 Å². The van der Waals surface area contributed by atoms with E-state index in [0.29, 0.717) is 0 Å². The molecule has 0 unspecified atom stereocenters. The molecule has 0 atom stereocenters. The normalized spacial score (nSPS) is 9.82. The fraction of sp³-hybridized carbons (Fsp3) is 1.00. The molecule has 0 fully saturated rings. The fourth-order valence-electron chi connectivity index (χ4n) is 2.68. The largest absolute Gasteiger partial charge is 1.00 e. The Morgan fingerprint density at radius 1 is 0.409 bits per heavy atom. The van der Waals surface area contributed by atoms with E-state index in [1.54, 1.807) is 0 Å². The zero-order valence-electron chi connectivity index (χ0n) is 16.3. The van der Waals surface area contributed by atoms with Gasteiger partial charge in [0.2, 0.25) is 0 Å². The molecular formula is C16H44ClFN2O2. The monoisotopic (exact) mass is 350 g/mol. The SMILES string of the molecule is CC[N+](CC)(CC)CC.CC[N+](CC)(CC)CC.O.O.[Cl-].[F-]. The van der Waals surface area contributed by atoms with Gasteiger partial charge in [0.15, 0.2) is 0 Å². The molecule has 0 aliphatic carbocycles. The zero-order valence-corrected chi connectivity index (χ0v) is 17.1. The van der Waals surface area contributed by atoms with E-state index in [1.165, 1.54) is 61.3 Å². The van der Waals surface area contributed by atoms with Crippen LogP contribution in [0.3, 0.4) is 0 Å². The van der Waals surface area contributed by atoms with Gasteiger partial charge in [0.05, 0.1) is 52.4 Å². The molecule has 4 nitrogen and oxygen atoms in total. The van der Waals surface area contributed by atoms with Crippen LogP contribution in [0, 0.1) is 0 Å². The molecule has 0 aromatic carbocycles. The Hall–Kier alpha value is 0.0600. The molecule has 22 heavy (non-hydrogen) atoms. The molecular weight excluding hydrogens is 307 g/mol. The van der Waals surface area contributed by atoms with Gasteiger partial charge >= 0.3 is 0 Å². The van der Waals surface area contributed by atoms with Crippen LogP contribution in [0.15, 0.2) is 0 Å². The van der Waals surface area contributed by atoms with Crippen molar-refractivity contribution in [3.05, 3.63) is 0 Å². The van der Waals surface area contributed by atoms with Gasteiger partial charge < -0.3 is 37.0 Å². The average Bonchev–Trinajstić information content (AvgIpc) is 2.46. The number of rotatable bonds is 8. The Morgan fingerprint density at radius 2 is 0.500 bits per heavy atom. The molecule has 0 aliphatic rings. The highest BCUT2D eigenvalue weighted by molar-refractivity contribution is 4.31. The molecule has 0 aliphatic heterocycles. The van der Waals surface area contributed by atoms with Crippen molar-refractivity contribution in [3.8, 4) is 0 Å². The van der Waals surface area contributed by atoms with Crippen molar-refractivity contribution in [3.63, 3.8) is 0 Å². The summed E-state index contributed by atoms with van der Waals surface area (Å²) in [5.41, 5.74) is 0. The van der Waals surface area contributed by atoms with E-state index in [0.717, 1.165) is 0 Å². The van der Waals surface area contributed by atoms with Crippen molar-refractivity contribution in [2.24, 2.45) is 0 Å². The Kier molecular flexibility index (Phi) is 36.3. The van der Waals surface area contributed by atoms with E-state index in [4.69, 9.17) is 0 Å². The van der Waals surface area contributed by atoms with Crippen molar-refractivity contribution in [2.75, 3.05) is 52.4 Å². The van der Waals surface area contributed by atoms with Gasteiger partial charge in [-0.3, -0.25) is 0 Å². The average molecular weight is 351 g/mol. The maximum Gasteiger partial charge on any atom is 0.0757 e. The van der Waals surface area contributed by atoms with Gasteiger partial charge in [0, 0.05) is 0 Å². The van der Waals surface area contributed by atoms with E-state index >= 15 is 0 Å². The van der Waals surface area contributed by atoms with E-state index in [2.05, 4.69) is 55.4 Å². The quantitative estimate of drug-likeness (QED) is 0.402. The lowest BCUT2D eigenvalue weighted by Gasteiger charge is -2.34. The molecule has 0 aromatic heterocycles. The Balaban J connectivity index is -0.0000000492. The van der Waals surface area contributed by atoms with Gasteiger partial charge in [-0.1, -0.05) is 0 Å². The lowest BCUT2D eigenvalue weighted by atomic mass is 10.3. The molecule has 0 saturated heterocycles. The summed E-state index contributed by atoms with van der Waals surface area (Å²) in [5, 5.41) is 0. The Morgan fingerprint density at radius 3 is 0.500 bits per heavy atom. The van der Waals surface area contributed by atoms with Gasteiger partial charge in [-0.25, -0.2) is 0 Å². The first-order valence-corrected chi connectivity index (χ1v) is 8.19. The number of hydrogen-bond acceptors (Lipinski definition) is 0. The van der Waals surface area contributed by atoms with Gasteiger partial charge in [0.25, 0.3) is 0 Å². The second-order valence-corrected chi connectivity index (χ2v) is 5.21. The van der Waals surface area contributed by atoms with Crippen LogP contribution in [0.25, 0.3) is 0 Å². The molecule has 0 heterocycles. The van der Waals surface area contributed by atoms with E-state index < -0.39 is 0 Å². The Bertz CT molecular complexity index is 136. The summed E-state index contributed by atoms with van der Waals surface area (Å²) in [7, 11) is 0. The first-order valence-electron chi connectivity index (χ1n) is 8.19. The molecule has 144 valence electrons. The zero-order chi connectivity index (χ0) is 14.7. The Labute approximate surface area is 145 Å². The van der Waals surface area contributed by atoms with Crippen molar-refractivity contribution in [2.45, 2.75) is 55.4 Å². The molecule has 0 spiro atoms. The maximum absolute atomic E-state index is 2.27. The van der Waals surface area contributed by atoms with Crippen LogP contribution in [0.1, 0.15) is 55.4 Å². The van der Waals surface area contributed by atoms with Crippen LogP contribution in [0.2, 0.25) is 0 Å². The molecule has 0 bridgehead atoms. The van der Waals surface area contributed by atoms with Crippen LogP contribution >= 0.6 is 0 Å². The predicted octanol–water partition coefficient (Wildman–Crippen LogP) is -3.88. The minimum atomic E-state index is 0. The van der Waals surface area contributed by atoms with E-state index in [-0.39, 0.29) is 28.1 Å². The first-order chi connectivity index (χ1) is 8.49. The van der Waals surface area contributed by atoms with Crippen molar-refractivity contribution in [1.29, 1.82) is 0 Å². The summed E-state index contributed by atoms with van der Waals surface area (Å²) in [5.74, 6) is 0. The summed E-state index contributed by atoms with van der Waals surface area (Å²) >= 11 is 0. The molecule has 4 N–H and O–H groups in total. The van der Waals surface area contributed by atoms with Crippen molar-refractivity contribution in [1.82, 2.24) is 0 Å². The predicted molar refractivity (Wildman–Crippen MR) is 92.1 cm³/mol. The third-order valence-corrected chi connectivity index (χ3v) is 5.37. The molecule has 0 rings (SSSR count). The highest BCUT2D eigenvalue weighted by Crippen LogP contribution is 2.03. The lowest BCUT2D eigenvalue weighted by molar-refractivity contribution is -0.921. The summed E-state index contributed by atoms with van der Waals surface area (Å²) < 4.78 is 2.56.